The first-order valence-electron chi connectivity index (χ1n) is 10.9. The van der Waals surface area contributed by atoms with Crippen LogP contribution in [-0.4, -0.2) is 61.6 Å². The fourth-order valence-electron chi connectivity index (χ4n) is 3.92. The number of aromatic nitrogens is 1. The molecule has 0 radical (unpaired) electrons. The van der Waals surface area contributed by atoms with Crippen LogP contribution in [0.25, 0.3) is 0 Å². The molecule has 33 heavy (non-hydrogen) atoms. The number of anilines is 1. The van der Waals surface area contributed by atoms with Crippen LogP contribution in [0.5, 0.6) is 11.5 Å². The number of benzene rings is 1. The van der Waals surface area contributed by atoms with Crippen LogP contribution >= 0.6 is 11.8 Å². The van der Waals surface area contributed by atoms with E-state index in [2.05, 4.69) is 20.9 Å². The number of piperazine rings is 1. The van der Waals surface area contributed by atoms with E-state index in [9.17, 15) is 18.4 Å². The Labute approximate surface area is 195 Å². The van der Waals surface area contributed by atoms with Crippen molar-refractivity contribution in [2.24, 2.45) is 0 Å². The molecule has 0 bridgehead atoms. The summed E-state index contributed by atoms with van der Waals surface area (Å²) in [5.74, 6) is 2.04. The zero-order valence-corrected chi connectivity index (χ0v) is 18.9. The molecule has 2 aromatic rings. The van der Waals surface area contributed by atoms with Crippen LogP contribution in [0, 0.1) is 11.3 Å². The van der Waals surface area contributed by atoms with Crippen LogP contribution < -0.4 is 14.4 Å². The van der Waals surface area contributed by atoms with E-state index in [0.717, 1.165) is 69.3 Å². The summed E-state index contributed by atoms with van der Waals surface area (Å²) in [4.78, 5) is 8.60. The maximum absolute atomic E-state index is 12.6. The Hall–Kier alpha value is -2.64. The Morgan fingerprint density at radius 1 is 1.00 bits per heavy atom. The SMILES string of the molecule is N#Cc1ccc(N2CCN(CCCCSc3ccc(C(F)(F)F)cn3)CC2)c2c1OCCO2. The largest absolute Gasteiger partial charge is 0.485 e. The van der Waals surface area contributed by atoms with Gasteiger partial charge in [0.1, 0.15) is 19.3 Å². The number of hydrogen-bond donors (Lipinski definition) is 0. The van der Waals surface area contributed by atoms with Crippen molar-refractivity contribution < 1.29 is 22.6 Å². The van der Waals surface area contributed by atoms with Gasteiger partial charge in [0.25, 0.3) is 0 Å². The smallest absolute Gasteiger partial charge is 0.417 e. The van der Waals surface area contributed by atoms with Crippen molar-refractivity contribution in [2.75, 3.05) is 56.6 Å². The summed E-state index contributed by atoms with van der Waals surface area (Å²) in [5, 5.41) is 9.92. The fraction of sp³-hybridized carbons (Fsp3) is 0.478. The molecule has 0 aliphatic carbocycles. The highest BCUT2D eigenvalue weighted by molar-refractivity contribution is 7.99. The summed E-state index contributed by atoms with van der Waals surface area (Å²) in [6.07, 6.45) is -1.46. The molecule has 176 valence electrons. The number of nitrogens with zero attached hydrogens (tertiary/aromatic N) is 4. The average Bonchev–Trinajstić information content (AvgIpc) is 2.83. The lowest BCUT2D eigenvalue weighted by atomic mass is 10.1. The first-order valence-corrected chi connectivity index (χ1v) is 11.9. The predicted octanol–water partition coefficient (Wildman–Crippen LogP) is 4.44. The van der Waals surface area contributed by atoms with Crippen LogP contribution in [0.2, 0.25) is 0 Å². The highest BCUT2D eigenvalue weighted by Crippen LogP contribution is 2.42. The minimum Gasteiger partial charge on any atom is -0.485 e. The van der Waals surface area contributed by atoms with Crippen molar-refractivity contribution >= 4 is 17.4 Å². The van der Waals surface area contributed by atoms with Gasteiger partial charge in [-0.2, -0.15) is 18.4 Å². The molecule has 1 saturated heterocycles. The molecule has 0 saturated carbocycles. The van der Waals surface area contributed by atoms with Crippen molar-refractivity contribution in [1.29, 1.82) is 5.26 Å². The number of fused-ring (bicyclic) bond motifs is 1. The second-order valence-corrected chi connectivity index (χ2v) is 8.98. The molecule has 0 N–H and O–H groups in total. The number of thioether (sulfide) groups is 1. The standard InChI is InChI=1S/C23H25F3N4O2S/c24-23(25,26)18-4-6-20(28-16-18)33-14-2-1-7-29-8-10-30(11-9-29)19-5-3-17(15-27)21-22(19)32-13-12-31-21/h3-6,16H,1-2,7-14H2. The molecule has 2 aliphatic heterocycles. The first-order chi connectivity index (χ1) is 16.0. The number of ether oxygens (including phenoxy) is 2. The second-order valence-electron chi connectivity index (χ2n) is 7.87. The molecule has 0 atom stereocenters. The summed E-state index contributed by atoms with van der Waals surface area (Å²) in [6, 6.07) is 8.41. The summed E-state index contributed by atoms with van der Waals surface area (Å²) >= 11 is 1.49. The lowest BCUT2D eigenvalue weighted by molar-refractivity contribution is -0.137. The number of rotatable bonds is 7. The predicted molar refractivity (Wildman–Crippen MR) is 120 cm³/mol. The second kappa shape index (κ2) is 10.5. The van der Waals surface area contributed by atoms with E-state index in [1.54, 1.807) is 6.07 Å². The van der Waals surface area contributed by atoms with Gasteiger partial charge in [-0.25, -0.2) is 4.98 Å². The monoisotopic (exact) mass is 478 g/mol. The molecule has 2 aliphatic rings. The summed E-state index contributed by atoms with van der Waals surface area (Å²) in [6.45, 7) is 5.52. The van der Waals surface area contributed by atoms with Gasteiger partial charge in [0.05, 0.1) is 21.8 Å². The molecule has 1 aromatic carbocycles. The molecule has 4 rings (SSSR count). The number of halogens is 3. The van der Waals surface area contributed by atoms with E-state index in [1.165, 1.54) is 17.8 Å². The Morgan fingerprint density at radius 2 is 1.76 bits per heavy atom. The third-order valence-electron chi connectivity index (χ3n) is 5.68. The number of nitriles is 1. The number of alkyl halides is 3. The molecular formula is C23H25F3N4O2S. The van der Waals surface area contributed by atoms with Crippen molar-refractivity contribution in [3.05, 3.63) is 41.6 Å². The van der Waals surface area contributed by atoms with Crippen LogP contribution in [0.1, 0.15) is 24.0 Å². The maximum atomic E-state index is 12.6. The van der Waals surface area contributed by atoms with Crippen LogP contribution in [0.4, 0.5) is 18.9 Å². The highest BCUT2D eigenvalue weighted by Gasteiger charge is 2.30. The molecule has 1 fully saturated rings. The van der Waals surface area contributed by atoms with E-state index in [1.807, 2.05) is 6.07 Å². The third-order valence-corrected chi connectivity index (χ3v) is 6.71. The Morgan fingerprint density at radius 3 is 2.42 bits per heavy atom. The van der Waals surface area contributed by atoms with Gasteiger partial charge >= 0.3 is 6.18 Å². The number of pyridine rings is 1. The number of hydrogen-bond acceptors (Lipinski definition) is 7. The van der Waals surface area contributed by atoms with Gasteiger partial charge in [-0.05, 0) is 49.4 Å². The molecule has 0 unspecified atom stereocenters. The molecular weight excluding hydrogens is 453 g/mol. The van der Waals surface area contributed by atoms with Gasteiger partial charge in [-0.15, -0.1) is 11.8 Å². The van der Waals surface area contributed by atoms with Crippen LogP contribution in [0.15, 0.2) is 35.5 Å². The van der Waals surface area contributed by atoms with Crippen molar-refractivity contribution in [3.63, 3.8) is 0 Å². The normalized spacial score (nSPS) is 16.5. The summed E-state index contributed by atoms with van der Waals surface area (Å²) in [7, 11) is 0. The number of unbranched alkanes of at least 4 members (excludes halogenated alkanes) is 1. The highest BCUT2D eigenvalue weighted by atomic mass is 32.2. The molecule has 0 spiro atoms. The Balaban J connectivity index is 1.19. The summed E-state index contributed by atoms with van der Waals surface area (Å²) < 4.78 is 49.3. The molecule has 6 nitrogen and oxygen atoms in total. The summed E-state index contributed by atoms with van der Waals surface area (Å²) in [5.41, 5.74) is 0.756. The first kappa shape index (κ1) is 23.5. The topological polar surface area (TPSA) is 61.6 Å². The van der Waals surface area contributed by atoms with E-state index in [4.69, 9.17) is 9.47 Å². The van der Waals surface area contributed by atoms with Gasteiger partial charge in [0, 0.05) is 32.4 Å². The lowest BCUT2D eigenvalue weighted by Gasteiger charge is -2.37. The van der Waals surface area contributed by atoms with Crippen LogP contribution in [-0.2, 0) is 6.18 Å². The molecule has 1 aromatic heterocycles. The van der Waals surface area contributed by atoms with E-state index in [0.29, 0.717) is 35.3 Å². The van der Waals surface area contributed by atoms with E-state index < -0.39 is 11.7 Å². The lowest BCUT2D eigenvalue weighted by Crippen LogP contribution is -2.46. The zero-order valence-electron chi connectivity index (χ0n) is 18.1. The third kappa shape index (κ3) is 5.84. The van der Waals surface area contributed by atoms with E-state index in [-0.39, 0.29) is 0 Å². The van der Waals surface area contributed by atoms with Gasteiger partial charge in [-0.3, -0.25) is 4.90 Å². The van der Waals surface area contributed by atoms with Crippen molar-refractivity contribution in [1.82, 2.24) is 9.88 Å². The Bertz CT molecular complexity index is 987. The average molecular weight is 479 g/mol. The Kier molecular flexibility index (Phi) is 7.50. The quantitative estimate of drug-likeness (QED) is 0.431. The van der Waals surface area contributed by atoms with Gasteiger partial charge < -0.3 is 14.4 Å². The van der Waals surface area contributed by atoms with Gasteiger partial charge in [0.2, 0.25) is 0 Å². The van der Waals surface area contributed by atoms with E-state index >= 15 is 0 Å². The minimum atomic E-state index is -4.35. The molecule has 3 heterocycles. The fourth-order valence-corrected chi connectivity index (χ4v) is 4.77. The van der Waals surface area contributed by atoms with Gasteiger partial charge in [0.15, 0.2) is 11.5 Å². The van der Waals surface area contributed by atoms with Crippen molar-refractivity contribution in [2.45, 2.75) is 24.0 Å². The molecule has 10 heteroatoms. The maximum Gasteiger partial charge on any atom is 0.417 e. The van der Waals surface area contributed by atoms with Crippen LogP contribution in [0.3, 0.4) is 0 Å². The van der Waals surface area contributed by atoms with Crippen molar-refractivity contribution in [3.8, 4) is 17.6 Å². The van der Waals surface area contributed by atoms with Gasteiger partial charge in [-0.1, -0.05) is 0 Å². The molecule has 0 amide bonds. The zero-order chi connectivity index (χ0) is 23.3. The minimum absolute atomic E-state index is 0.451.